The van der Waals surface area contributed by atoms with Gasteiger partial charge in [0.2, 0.25) is 0 Å². The third-order valence-electron chi connectivity index (χ3n) is 3.74. The second-order valence-corrected chi connectivity index (χ2v) is 7.30. The fourth-order valence-corrected chi connectivity index (χ4v) is 3.68. The van der Waals surface area contributed by atoms with Gasteiger partial charge in [0.25, 0.3) is 5.89 Å². The van der Waals surface area contributed by atoms with E-state index in [1.807, 2.05) is 29.1 Å². The first-order valence-electron chi connectivity index (χ1n) is 7.45. The van der Waals surface area contributed by atoms with Crippen molar-refractivity contribution in [2.24, 2.45) is 7.05 Å². The molecule has 132 valence electrons. The van der Waals surface area contributed by atoms with Gasteiger partial charge >= 0.3 is 0 Å². The molecule has 10 heteroatoms. The van der Waals surface area contributed by atoms with Gasteiger partial charge in [0, 0.05) is 12.1 Å². The molecule has 4 rings (SSSR count). The van der Waals surface area contributed by atoms with Gasteiger partial charge in [0.15, 0.2) is 17.5 Å². The molecule has 0 aliphatic carbocycles. The zero-order valence-corrected chi connectivity index (χ0v) is 15.8. The Bertz CT molecular complexity index is 1060. The number of rotatable bonds is 4. The molecule has 26 heavy (non-hydrogen) atoms. The lowest BCUT2D eigenvalue weighted by atomic mass is 10.2. The fraction of sp³-hybridized carbons (Fsp3) is 0.125. The third kappa shape index (κ3) is 3.02. The minimum absolute atomic E-state index is 0.0275. The van der Waals surface area contributed by atoms with Crippen molar-refractivity contribution in [2.75, 3.05) is 0 Å². The molecule has 1 unspecified atom stereocenters. The van der Waals surface area contributed by atoms with Crippen molar-refractivity contribution in [1.29, 1.82) is 0 Å². The number of nitrogens with zero attached hydrogens (tertiary/aromatic N) is 5. The molecule has 1 atom stereocenters. The molecule has 0 aliphatic heterocycles. The third-order valence-corrected chi connectivity index (χ3v) is 5.30. The maximum atomic E-state index is 14.0. The maximum absolute atomic E-state index is 14.0. The summed E-state index contributed by atoms with van der Waals surface area (Å²) in [5.74, 6) is 1.06. The molecule has 0 radical (unpaired) electrons. The molecule has 6 nitrogen and oxygen atoms in total. The molecule has 4 aromatic rings. The topological polar surface area (TPSA) is 69.6 Å². The smallest absolute Gasteiger partial charge is 0.261 e. The normalized spacial score (nSPS) is 12.5. The Labute approximate surface area is 162 Å². The quantitative estimate of drug-likeness (QED) is 0.507. The average Bonchev–Trinajstić information content (AvgIpc) is 3.36. The van der Waals surface area contributed by atoms with Crippen LogP contribution in [0.2, 0.25) is 5.02 Å². The van der Waals surface area contributed by atoms with E-state index in [1.165, 1.54) is 18.2 Å². The predicted octanol–water partition coefficient (Wildman–Crippen LogP) is 4.41. The van der Waals surface area contributed by atoms with E-state index in [-0.39, 0.29) is 17.3 Å². The highest BCUT2D eigenvalue weighted by Crippen LogP contribution is 2.31. The summed E-state index contributed by atoms with van der Waals surface area (Å²) in [6, 6.07) is 8.03. The molecule has 0 bridgehead atoms. The summed E-state index contributed by atoms with van der Waals surface area (Å²) in [6.45, 7) is 0. The lowest BCUT2D eigenvalue weighted by Gasteiger charge is -2.06. The Kier molecular flexibility index (Phi) is 4.51. The zero-order chi connectivity index (χ0) is 18.3. The van der Waals surface area contributed by atoms with Gasteiger partial charge in [-0.1, -0.05) is 22.8 Å². The van der Waals surface area contributed by atoms with Crippen LogP contribution in [0.1, 0.15) is 16.9 Å². The summed E-state index contributed by atoms with van der Waals surface area (Å²) in [7, 11) is 1.84. The molecular weight excluding hydrogens is 397 g/mol. The van der Waals surface area contributed by atoms with Crippen molar-refractivity contribution in [1.82, 2.24) is 24.9 Å². The molecule has 0 spiro atoms. The molecule has 0 fully saturated rings. The van der Waals surface area contributed by atoms with Crippen LogP contribution in [0.3, 0.4) is 0 Å². The van der Waals surface area contributed by atoms with Crippen molar-refractivity contribution in [3.63, 3.8) is 0 Å². The molecule has 0 saturated carbocycles. The van der Waals surface area contributed by atoms with Crippen LogP contribution >= 0.6 is 35.6 Å². The zero-order valence-electron chi connectivity index (χ0n) is 13.3. The van der Waals surface area contributed by atoms with E-state index >= 15 is 0 Å². The molecule has 0 N–H and O–H groups in total. The molecule has 3 aromatic heterocycles. The number of benzene rings is 1. The molecule has 1 aromatic carbocycles. The largest absolute Gasteiger partial charge is 0.334 e. The second-order valence-electron chi connectivity index (χ2n) is 5.40. The minimum Gasteiger partial charge on any atom is -0.334 e. The van der Waals surface area contributed by atoms with Crippen molar-refractivity contribution >= 4 is 35.6 Å². The predicted molar refractivity (Wildman–Crippen MR) is 99.8 cm³/mol. The molecule has 0 saturated heterocycles. The van der Waals surface area contributed by atoms with Crippen LogP contribution in [0.15, 0.2) is 40.2 Å². The number of hydrogen-bond donors (Lipinski definition) is 1. The lowest BCUT2D eigenvalue weighted by Crippen LogP contribution is -2.05. The van der Waals surface area contributed by atoms with Crippen molar-refractivity contribution in [2.45, 2.75) is 5.25 Å². The summed E-state index contributed by atoms with van der Waals surface area (Å²) in [5, 5.41) is 14.1. The van der Waals surface area contributed by atoms with Crippen LogP contribution < -0.4 is 0 Å². The van der Waals surface area contributed by atoms with Gasteiger partial charge in [0.1, 0.15) is 11.1 Å². The molecular formula is C16H11ClFN5OS2. The van der Waals surface area contributed by atoms with E-state index < -0.39 is 11.1 Å². The summed E-state index contributed by atoms with van der Waals surface area (Å²) < 4.78 is 21.0. The van der Waals surface area contributed by atoms with Gasteiger partial charge in [0.05, 0.1) is 10.4 Å². The second kappa shape index (κ2) is 6.82. The van der Waals surface area contributed by atoms with E-state index in [0.717, 1.165) is 10.7 Å². The number of halogens is 2. The summed E-state index contributed by atoms with van der Waals surface area (Å²) in [6.07, 6.45) is 0. The van der Waals surface area contributed by atoms with Crippen LogP contribution in [0, 0.1) is 5.82 Å². The standard InChI is InChI=1S/C16H11ClFN5OS2/c1-23-14(11-3-2-6-26-11)20-21-15(23)12(25)13-19-16(24-22-13)9-7-8(17)4-5-10(9)18/h2-7,12,25H,1H3. The highest BCUT2D eigenvalue weighted by Gasteiger charge is 2.24. The Morgan fingerprint density at radius 2 is 2.15 bits per heavy atom. The first kappa shape index (κ1) is 17.2. The van der Waals surface area contributed by atoms with Crippen molar-refractivity contribution < 1.29 is 8.91 Å². The van der Waals surface area contributed by atoms with E-state index in [1.54, 1.807) is 11.3 Å². The van der Waals surface area contributed by atoms with Gasteiger partial charge < -0.3 is 9.09 Å². The molecule has 0 aliphatic rings. The Balaban J connectivity index is 1.67. The lowest BCUT2D eigenvalue weighted by molar-refractivity contribution is 0.420. The number of thiophene rings is 1. The van der Waals surface area contributed by atoms with Crippen LogP contribution in [0.5, 0.6) is 0 Å². The fourth-order valence-electron chi connectivity index (χ4n) is 2.43. The van der Waals surface area contributed by atoms with Crippen molar-refractivity contribution in [3.05, 3.63) is 58.2 Å². The van der Waals surface area contributed by atoms with Crippen molar-refractivity contribution in [3.8, 4) is 22.2 Å². The van der Waals surface area contributed by atoms with Gasteiger partial charge in [-0.15, -0.1) is 21.5 Å². The molecule has 0 amide bonds. The first-order valence-corrected chi connectivity index (χ1v) is 9.22. The summed E-state index contributed by atoms with van der Waals surface area (Å²) >= 11 is 12.0. The van der Waals surface area contributed by atoms with Gasteiger partial charge in [-0.25, -0.2) is 4.39 Å². The van der Waals surface area contributed by atoms with Crippen LogP contribution in [0.4, 0.5) is 4.39 Å². The number of hydrogen-bond acceptors (Lipinski definition) is 7. The SMILES string of the molecule is Cn1c(-c2cccs2)nnc1C(S)c1noc(-c2cc(Cl)ccc2F)n1. The van der Waals surface area contributed by atoms with Gasteiger partial charge in [-0.2, -0.15) is 17.6 Å². The van der Waals surface area contributed by atoms with E-state index in [2.05, 4.69) is 33.0 Å². The van der Waals surface area contributed by atoms with E-state index in [9.17, 15) is 4.39 Å². The van der Waals surface area contributed by atoms with Crippen LogP contribution in [0.25, 0.3) is 22.2 Å². The number of aromatic nitrogens is 5. The minimum atomic E-state index is -0.582. The Morgan fingerprint density at radius 1 is 1.31 bits per heavy atom. The Morgan fingerprint density at radius 3 is 2.92 bits per heavy atom. The highest BCUT2D eigenvalue weighted by atomic mass is 35.5. The van der Waals surface area contributed by atoms with E-state index in [4.69, 9.17) is 16.1 Å². The Hall–Kier alpha value is -2.23. The summed E-state index contributed by atoms with van der Waals surface area (Å²) in [5.41, 5.74) is 0.133. The average molecular weight is 408 g/mol. The molecule has 3 heterocycles. The van der Waals surface area contributed by atoms with E-state index in [0.29, 0.717) is 10.8 Å². The van der Waals surface area contributed by atoms with Gasteiger partial charge in [-0.05, 0) is 29.6 Å². The van der Waals surface area contributed by atoms with Crippen LogP contribution in [-0.2, 0) is 7.05 Å². The van der Waals surface area contributed by atoms with Gasteiger partial charge in [-0.3, -0.25) is 0 Å². The maximum Gasteiger partial charge on any atom is 0.261 e. The number of thiol groups is 1. The summed E-state index contributed by atoms with van der Waals surface area (Å²) in [4.78, 5) is 5.23. The first-order chi connectivity index (χ1) is 12.5. The monoisotopic (exact) mass is 407 g/mol. The highest BCUT2D eigenvalue weighted by molar-refractivity contribution is 7.80. The van der Waals surface area contributed by atoms with Crippen LogP contribution in [-0.4, -0.2) is 24.9 Å².